The lowest BCUT2D eigenvalue weighted by atomic mass is 9.78. The second-order valence-corrected chi connectivity index (χ2v) is 20.8. The highest BCUT2D eigenvalue weighted by Crippen LogP contribution is 2.64. The lowest BCUT2D eigenvalue weighted by Crippen LogP contribution is -2.27. The van der Waals surface area contributed by atoms with Crippen LogP contribution in [0, 0.1) is 22.7 Å². The monoisotopic (exact) mass is 996 g/mol. The molecule has 0 saturated carbocycles. The number of para-hydroxylation sites is 4. The van der Waals surface area contributed by atoms with Crippen molar-refractivity contribution in [1.29, 1.82) is 10.5 Å². The van der Waals surface area contributed by atoms with Crippen LogP contribution in [0.3, 0.4) is 0 Å². The van der Waals surface area contributed by atoms with Gasteiger partial charge in [-0.2, -0.15) is 10.5 Å². The number of sulfone groups is 1. The molecule has 76 heavy (non-hydrogen) atoms. The molecule has 0 radical (unpaired) electrons. The van der Waals surface area contributed by atoms with Crippen LogP contribution in [-0.4, -0.2) is 32.5 Å². The predicted octanol–water partition coefficient (Wildman–Crippen LogP) is 14.3. The van der Waals surface area contributed by atoms with Crippen molar-refractivity contribution in [2.24, 2.45) is 0 Å². The summed E-state index contributed by atoms with van der Waals surface area (Å²) in [7, 11) is -4.15. The van der Waals surface area contributed by atoms with E-state index in [1.807, 2.05) is 91.0 Å². The minimum atomic E-state index is -4.15. The highest BCUT2D eigenvalue weighted by Gasteiger charge is 2.50. The Balaban J connectivity index is 0.985. The van der Waals surface area contributed by atoms with Gasteiger partial charge >= 0.3 is 0 Å². The number of aromatic nitrogens is 5. The van der Waals surface area contributed by atoms with Crippen LogP contribution in [0.15, 0.2) is 240 Å². The Kier molecular flexibility index (Phi) is 10.2. The van der Waals surface area contributed by atoms with Crippen molar-refractivity contribution < 1.29 is 8.42 Å². The van der Waals surface area contributed by atoms with Gasteiger partial charge in [0.15, 0.2) is 17.5 Å². The molecule has 3 aromatic heterocycles. The first-order valence-electron chi connectivity index (χ1n) is 24.9. The van der Waals surface area contributed by atoms with E-state index in [-0.39, 0.29) is 32.9 Å². The van der Waals surface area contributed by atoms with Gasteiger partial charge in [0.05, 0.1) is 55.7 Å². The lowest BCUT2D eigenvalue weighted by Gasteiger charge is -2.36. The molecule has 0 amide bonds. The molecule has 9 aromatic carbocycles. The van der Waals surface area contributed by atoms with E-state index in [1.54, 1.807) is 12.1 Å². The molecule has 12 aromatic rings. The zero-order valence-electron chi connectivity index (χ0n) is 40.4. The number of hydrogen-bond acceptors (Lipinski definition) is 8. The molecule has 1 aliphatic carbocycles. The SMILES string of the molecule is N#Cc1ccc(S(=O)(=O)c2ccc(-n3c4c(c5ccccc53)-c3c(c5ccccc5n3-c3ccccc3)C3C4c4ccccc4N3c3ccc(-c4nc(-c5ccccc5)nc(-c5ccccc5)n4)cc3)cc2)c(C#N)c1. The summed E-state index contributed by atoms with van der Waals surface area (Å²) in [4.78, 5) is 17.4. The molecule has 0 N–H and O–H groups in total. The maximum absolute atomic E-state index is 14.3. The molecule has 0 saturated heterocycles. The molecular formula is C65H40N8O2S. The Morgan fingerprint density at radius 2 is 1.00 bits per heavy atom. The summed E-state index contributed by atoms with van der Waals surface area (Å²) in [6.45, 7) is 0. The second kappa shape index (κ2) is 17.5. The normalized spacial score (nSPS) is 14.4. The lowest BCUT2D eigenvalue weighted by molar-refractivity contribution is 0.596. The van der Waals surface area contributed by atoms with Crippen LogP contribution in [0.5, 0.6) is 0 Å². The van der Waals surface area contributed by atoms with Gasteiger partial charge in [-0.05, 0) is 103 Å². The predicted molar refractivity (Wildman–Crippen MR) is 296 cm³/mol. The highest BCUT2D eigenvalue weighted by atomic mass is 32.2. The number of anilines is 2. The van der Waals surface area contributed by atoms with E-state index in [0.717, 1.165) is 83.8 Å². The quantitative estimate of drug-likeness (QED) is 0.147. The van der Waals surface area contributed by atoms with Gasteiger partial charge in [-0.3, -0.25) is 0 Å². The van der Waals surface area contributed by atoms with Crippen molar-refractivity contribution in [3.8, 4) is 68.9 Å². The van der Waals surface area contributed by atoms with E-state index in [4.69, 9.17) is 15.0 Å². The van der Waals surface area contributed by atoms with E-state index in [2.05, 4.69) is 135 Å². The maximum Gasteiger partial charge on any atom is 0.207 e. The van der Waals surface area contributed by atoms with E-state index >= 15 is 0 Å². The summed E-state index contributed by atoms with van der Waals surface area (Å²) in [5.74, 6) is 1.54. The molecule has 14 rings (SSSR count). The van der Waals surface area contributed by atoms with Crippen molar-refractivity contribution in [2.75, 3.05) is 4.90 Å². The molecule has 2 aliphatic rings. The average Bonchev–Trinajstić information content (AvgIpc) is 4.16. The molecule has 0 fully saturated rings. The minimum absolute atomic E-state index is 0.0396. The third-order valence-corrected chi connectivity index (χ3v) is 16.6. The molecule has 11 heteroatoms. The second-order valence-electron chi connectivity index (χ2n) is 18.9. The third-order valence-electron chi connectivity index (χ3n) is 14.8. The number of rotatable bonds is 8. The first kappa shape index (κ1) is 44.5. The average molecular weight is 997 g/mol. The summed E-state index contributed by atoms with van der Waals surface area (Å²) in [5.41, 5.74) is 14.3. The van der Waals surface area contributed by atoms with Crippen molar-refractivity contribution in [3.05, 3.63) is 258 Å². The van der Waals surface area contributed by atoms with Crippen LogP contribution in [0.1, 0.15) is 39.9 Å². The van der Waals surface area contributed by atoms with Crippen LogP contribution in [0.25, 0.3) is 78.6 Å². The van der Waals surface area contributed by atoms with Crippen molar-refractivity contribution >= 4 is 43.0 Å². The zero-order chi connectivity index (χ0) is 51.1. The Labute approximate surface area is 437 Å². The van der Waals surface area contributed by atoms with Gasteiger partial charge < -0.3 is 14.0 Å². The summed E-state index contributed by atoms with van der Waals surface area (Å²) >= 11 is 0. The Morgan fingerprint density at radius 1 is 0.474 bits per heavy atom. The van der Waals surface area contributed by atoms with Crippen LogP contribution in [-0.2, 0) is 9.84 Å². The van der Waals surface area contributed by atoms with Gasteiger partial charge in [0.2, 0.25) is 9.84 Å². The molecule has 1 aliphatic heterocycles. The van der Waals surface area contributed by atoms with E-state index in [0.29, 0.717) is 17.5 Å². The summed E-state index contributed by atoms with van der Waals surface area (Å²) < 4.78 is 33.3. The van der Waals surface area contributed by atoms with Crippen LogP contribution >= 0.6 is 0 Å². The van der Waals surface area contributed by atoms with Crippen LogP contribution in [0.4, 0.5) is 11.4 Å². The number of benzene rings is 9. The summed E-state index contributed by atoms with van der Waals surface area (Å²) in [6, 6.07) is 79.7. The van der Waals surface area contributed by atoms with Gasteiger partial charge in [0, 0.05) is 67.0 Å². The number of nitrogens with zero attached hydrogens (tertiary/aromatic N) is 8. The number of nitriles is 2. The fraction of sp³-hybridized carbons (Fsp3) is 0.0308. The molecule has 4 heterocycles. The van der Waals surface area contributed by atoms with Gasteiger partial charge in [-0.25, -0.2) is 23.4 Å². The topological polar surface area (TPSA) is 133 Å². The third kappa shape index (κ3) is 6.84. The molecule has 0 spiro atoms. The molecule has 358 valence electrons. The first-order chi connectivity index (χ1) is 37.4. The van der Waals surface area contributed by atoms with Gasteiger partial charge in [-0.15, -0.1) is 0 Å². The van der Waals surface area contributed by atoms with Crippen molar-refractivity contribution in [1.82, 2.24) is 24.1 Å². The molecule has 0 bridgehead atoms. The zero-order valence-corrected chi connectivity index (χ0v) is 41.2. The largest absolute Gasteiger partial charge is 0.333 e. The molecule has 2 atom stereocenters. The fourth-order valence-electron chi connectivity index (χ4n) is 11.6. The summed E-state index contributed by atoms with van der Waals surface area (Å²) in [6.07, 6.45) is 0. The number of fused-ring (bicyclic) bond motifs is 12. The minimum Gasteiger partial charge on any atom is -0.333 e. The molecule has 10 nitrogen and oxygen atoms in total. The van der Waals surface area contributed by atoms with Gasteiger partial charge in [0.25, 0.3) is 0 Å². The summed E-state index contributed by atoms with van der Waals surface area (Å²) in [5, 5.41) is 21.7. The first-order valence-corrected chi connectivity index (χ1v) is 26.4. The highest BCUT2D eigenvalue weighted by molar-refractivity contribution is 7.91. The van der Waals surface area contributed by atoms with E-state index < -0.39 is 9.84 Å². The fourth-order valence-corrected chi connectivity index (χ4v) is 13.0. The smallest absolute Gasteiger partial charge is 0.207 e. The molecule has 2 unspecified atom stereocenters. The maximum atomic E-state index is 14.3. The van der Waals surface area contributed by atoms with E-state index in [9.17, 15) is 18.9 Å². The Bertz CT molecular complexity index is 4450. The van der Waals surface area contributed by atoms with Gasteiger partial charge in [0.1, 0.15) is 6.07 Å². The van der Waals surface area contributed by atoms with Crippen molar-refractivity contribution in [3.63, 3.8) is 0 Å². The number of hydrogen-bond donors (Lipinski definition) is 0. The molecular weight excluding hydrogens is 957 g/mol. The van der Waals surface area contributed by atoms with Gasteiger partial charge in [-0.1, -0.05) is 133 Å². The standard InChI is InChI=1S/C65H40N8O2S/c66-39-41-28-37-56(45(38-41)40-67)76(74,75)49-35-33-48(34-36-49)73-55-27-15-12-24-52(55)58-60-57(50-22-10-13-25-53(50)71(60)46-20-8-3-9-21-46)61-59(62(58)73)51-23-11-14-26-54(51)72(61)47-31-29-44(30-32-47)65-69-63(42-16-4-1-5-17-42)68-64(70-65)43-18-6-2-7-19-43/h1-38,59,61H. The van der Waals surface area contributed by atoms with Crippen LogP contribution < -0.4 is 4.90 Å². The van der Waals surface area contributed by atoms with E-state index in [1.165, 1.54) is 23.8 Å². The Morgan fingerprint density at radius 3 is 1.63 bits per heavy atom. The van der Waals surface area contributed by atoms with Crippen LogP contribution in [0.2, 0.25) is 0 Å². The Hall–Kier alpha value is -10.2. The van der Waals surface area contributed by atoms with Crippen molar-refractivity contribution in [2.45, 2.75) is 21.8 Å².